The van der Waals surface area contributed by atoms with Gasteiger partial charge in [0.25, 0.3) is 0 Å². The van der Waals surface area contributed by atoms with E-state index in [1.54, 1.807) is 6.20 Å². The second-order valence-electron chi connectivity index (χ2n) is 6.11. The summed E-state index contributed by atoms with van der Waals surface area (Å²) in [7, 11) is 0. The van der Waals surface area contributed by atoms with Crippen LogP contribution in [0.2, 0.25) is 0 Å². The summed E-state index contributed by atoms with van der Waals surface area (Å²) in [6, 6.07) is 0. The highest BCUT2D eigenvalue weighted by Gasteiger charge is 2.43. The normalized spacial score (nSPS) is 16.6. The largest absolute Gasteiger partial charge is 0.333 e. The first-order valence-corrected chi connectivity index (χ1v) is 6.32. The molecule has 18 heavy (non-hydrogen) atoms. The van der Waals surface area contributed by atoms with Crippen molar-refractivity contribution in [1.29, 1.82) is 0 Å². The van der Waals surface area contributed by atoms with Crippen molar-refractivity contribution < 1.29 is 4.79 Å². The Morgan fingerprint density at radius 2 is 2.00 bits per heavy atom. The van der Waals surface area contributed by atoms with Crippen molar-refractivity contribution >= 4 is 5.91 Å². The van der Waals surface area contributed by atoms with E-state index in [4.69, 9.17) is 5.73 Å². The minimum atomic E-state index is -0.582. The molecule has 1 aliphatic rings. The summed E-state index contributed by atoms with van der Waals surface area (Å²) in [5.41, 5.74) is 5.00. The quantitative estimate of drug-likeness (QED) is 0.851. The first-order chi connectivity index (χ1) is 8.23. The van der Waals surface area contributed by atoms with Crippen LogP contribution in [-0.2, 0) is 17.9 Å². The molecular formula is C13H22N4O. The molecule has 2 heterocycles. The van der Waals surface area contributed by atoms with Crippen LogP contribution in [0.5, 0.6) is 0 Å². The van der Waals surface area contributed by atoms with Crippen LogP contribution in [0.4, 0.5) is 0 Å². The third kappa shape index (κ3) is 2.03. The van der Waals surface area contributed by atoms with Gasteiger partial charge in [-0.2, -0.15) is 0 Å². The number of fused-ring (bicyclic) bond motifs is 1. The van der Waals surface area contributed by atoms with Gasteiger partial charge in [0, 0.05) is 31.0 Å². The molecule has 0 aliphatic carbocycles. The highest BCUT2D eigenvalue weighted by molar-refractivity contribution is 5.83. The van der Waals surface area contributed by atoms with Crippen LogP contribution >= 0.6 is 0 Å². The lowest BCUT2D eigenvalue weighted by Gasteiger charge is -2.41. The third-order valence-corrected chi connectivity index (χ3v) is 4.18. The molecule has 100 valence electrons. The molecule has 0 saturated heterocycles. The van der Waals surface area contributed by atoms with Gasteiger partial charge in [-0.1, -0.05) is 0 Å². The molecular weight excluding hydrogens is 228 g/mol. The lowest BCUT2D eigenvalue weighted by atomic mass is 9.74. The Morgan fingerprint density at radius 3 is 2.61 bits per heavy atom. The lowest BCUT2D eigenvalue weighted by Crippen LogP contribution is -2.57. The monoisotopic (exact) mass is 250 g/mol. The molecule has 0 bridgehead atoms. The van der Waals surface area contributed by atoms with E-state index in [0.717, 1.165) is 18.9 Å². The van der Waals surface area contributed by atoms with E-state index in [9.17, 15) is 4.79 Å². The van der Waals surface area contributed by atoms with Crippen LogP contribution in [-0.4, -0.2) is 32.4 Å². The van der Waals surface area contributed by atoms with E-state index in [0.29, 0.717) is 6.54 Å². The first-order valence-electron chi connectivity index (χ1n) is 6.32. The predicted octanol–water partition coefficient (Wildman–Crippen LogP) is 0.989. The van der Waals surface area contributed by atoms with Gasteiger partial charge in [-0.3, -0.25) is 4.79 Å². The zero-order valence-corrected chi connectivity index (χ0v) is 11.6. The number of carbonyl (C=O) groups is 1. The van der Waals surface area contributed by atoms with Gasteiger partial charge >= 0.3 is 0 Å². The maximum absolute atomic E-state index is 12.6. The summed E-state index contributed by atoms with van der Waals surface area (Å²) >= 11 is 0. The molecule has 5 heteroatoms. The van der Waals surface area contributed by atoms with Crippen molar-refractivity contribution in [3.05, 3.63) is 18.2 Å². The first kappa shape index (κ1) is 13.1. The molecule has 2 N–H and O–H groups in total. The molecule has 0 aromatic carbocycles. The Balaban J connectivity index is 2.17. The Labute approximate surface area is 108 Å². The molecule has 0 radical (unpaired) electrons. The summed E-state index contributed by atoms with van der Waals surface area (Å²) in [6.07, 6.45) is 3.73. The number of carbonyl (C=O) groups excluding carboxylic acids is 1. The maximum atomic E-state index is 12.6. The maximum Gasteiger partial charge on any atom is 0.230 e. The molecule has 2 rings (SSSR count). The van der Waals surface area contributed by atoms with Crippen LogP contribution in [0.15, 0.2) is 12.4 Å². The van der Waals surface area contributed by atoms with Gasteiger partial charge in [0.05, 0.1) is 12.0 Å². The SMILES string of the molecule is CC(C)(N)C(C)(C)C(=O)N1CCn2ccnc2C1. The van der Waals surface area contributed by atoms with Crippen molar-refractivity contribution in [1.82, 2.24) is 14.5 Å². The van der Waals surface area contributed by atoms with Crippen LogP contribution in [0.25, 0.3) is 0 Å². The minimum absolute atomic E-state index is 0.101. The van der Waals surface area contributed by atoms with Crippen molar-refractivity contribution in [3.8, 4) is 0 Å². The number of rotatable bonds is 2. The van der Waals surface area contributed by atoms with Gasteiger partial charge in [0.1, 0.15) is 5.82 Å². The van der Waals surface area contributed by atoms with E-state index in [2.05, 4.69) is 9.55 Å². The van der Waals surface area contributed by atoms with Gasteiger partial charge in [0.15, 0.2) is 0 Å². The molecule has 1 aliphatic heterocycles. The predicted molar refractivity (Wildman–Crippen MR) is 69.7 cm³/mol. The van der Waals surface area contributed by atoms with Crippen molar-refractivity contribution in [2.24, 2.45) is 11.1 Å². The molecule has 0 fully saturated rings. The van der Waals surface area contributed by atoms with Crippen molar-refractivity contribution in [3.63, 3.8) is 0 Å². The summed E-state index contributed by atoms with van der Waals surface area (Å²) < 4.78 is 2.09. The summed E-state index contributed by atoms with van der Waals surface area (Å²) in [4.78, 5) is 18.7. The summed E-state index contributed by atoms with van der Waals surface area (Å²) in [5.74, 6) is 1.05. The fraction of sp³-hybridized carbons (Fsp3) is 0.692. The highest BCUT2D eigenvalue weighted by Crippen LogP contribution is 2.31. The lowest BCUT2D eigenvalue weighted by molar-refractivity contribution is -0.145. The van der Waals surface area contributed by atoms with Gasteiger partial charge in [0.2, 0.25) is 5.91 Å². The standard InChI is InChI=1S/C13H22N4O/c1-12(2,13(3,4)14)11(18)17-8-7-16-6-5-15-10(16)9-17/h5-6H,7-9,14H2,1-4H3. The van der Waals surface area contributed by atoms with Crippen LogP contribution in [0.3, 0.4) is 0 Å². The van der Waals surface area contributed by atoms with E-state index >= 15 is 0 Å². The number of imidazole rings is 1. The van der Waals surface area contributed by atoms with Gasteiger partial charge < -0.3 is 15.2 Å². The van der Waals surface area contributed by atoms with E-state index in [-0.39, 0.29) is 5.91 Å². The van der Waals surface area contributed by atoms with Crippen LogP contribution < -0.4 is 5.73 Å². The molecule has 0 spiro atoms. The molecule has 5 nitrogen and oxygen atoms in total. The highest BCUT2D eigenvalue weighted by atomic mass is 16.2. The van der Waals surface area contributed by atoms with Crippen LogP contribution in [0.1, 0.15) is 33.5 Å². The minimum Gasteiger partial charge on any atom is -0.333 e. The summed E-state index contributed by atoms with van der Waals surface area (Å²) in [5, 5.41) is 0. The molecule has 0 unspecified atom stereocenters. The smallest absolute Gasteiger partial charge is 0.230 e. The number of aromatic nitrogens is 2. The second kappa shape index (κ2) is 4.09. The molecule has 1 aromatic rings. The number of hydrogen-bond acceptors (Lipinski definition) is 3. The molecule has 1 aromatic heterocycles. The number of nitrogens with zero attached hydrogens (tertiary/aromatic N) is 3. The number of hydrogen-bond donors (Lipinski definition) is 1. The fourth-order valence-corrected chi connectivity index (χ4v) is 2.02. The van der Waals surface area contributed by atoms with Crippen molar-refractivity contribution in [2.45, 2.75) is 46.3 Å². The van der Waals surface area contributed by atoms with E-state index in [1.165, 1.54) is 0 Å². The number of amides is 1. The Hall–Kier alpha value is -1.36. The fourth-order valence-electron chi connectivity index (χ4n) is 2.02. The molecule has 0 saturated carbocycles. The van der Waals surface area contributed by atoms with E-state index < -0.39 is 11.0 Å². The Morgan fingerprint density at radius 1 is 1.33 bits per heavy atom. The van der Waals surface area contributed by atoms with E-state index in [1.807, 2.05) is 38.8 Å². The average Bonchev–Trinajstić information content (AvgIpc) is 2.73. The topological polar surface area (TPSA) is 64.2 Å². The molecule has 1 amide bonds. The zero-order chi connectivity index (χ0) is 13.6. The summed E-state index contributed by atoms with van der Waals surface area (Å²) in [6.45, 7) is 9.73. The zero-order valence-electron chi connectivity index (χ0n) is 11.6. The number of nitrogens with two attached hydrogens (primary N) is 1. The Kier molecular flexibility index (Phi) is 2.97. The average molecular weight is 250 g/mol. The second-order valence-corrected chi connectivity index (χ2v) is 6.11. The van der Waals surface area contributed by atoms with Crippen LogP contribution in [0, 0.1) is 5.41 Å². The Bertz CT molecular complexity index is 456. The van der Waals surface area contributed by atoms with Gasteiger partial charge in [-0.05, 0) is 27.7 Å². The molecule has 0 atom stereocenters. The third-order valence-electron chi connectivity index (χ3n) is 4.18. The van der Waals surface area contributed by atoms with Gasteiger partial charge in [-0.15, -0.1) is 0 Å². The van der Waals surface area contributed by atoms with Crippen molar-refractivity contribution in [2.75, 3.05) is 6.54 Å². The van der Waals surface area contributed by atoms with Gasteiger partial charge in [-0.25, -0.2) is 4.98 Å².